The van der Waals surface area contributed by atoms with E-state index in [1.165, 1.54) is 24.8 Å². The van der Waals surface area contributed by atoms with Gasteiger partial charge in [-0.3, -0.25) is 0 Å². The molecule has 1 aromatic carbocycles. The van der Waals surface area contributed by atoms with E-state index in [2.05, 4.69) is 45.1 Å². The van der Waals surface area contributed by atoms with E-state index in [0.717, 1.165) is 12.3 Å². The van der Waals surface area contributed by atoms with Crippen LogP contribution in [0.5, 0.6) is 5.75 Å². The monoisotopic (exact) mass is 249 g/mol. The minimum absolute atomic E-state index is 0.226. The fourth-order valence-corrected chi connectivity index (χ4v) is 1.92. The third-order valence-electron chi connectivity index (χ3n) is 2.97. The average Bonchev–Trinajstić information content (AvgIpc) is 2.34. The molecule has 1 aromatic rings. The summed E-state index contributed by atoms with van der Waals surface area (Å²) in [4.78, 5) is 0. The molecule has 0 saturated heterocycles. The van der Waals surface area contributed by atoms with Crippen molar-refractivity contribution >= 4 is 0 Å². The summed E-state index contributed by atoms with van der Waals surface area (Å²) in [7, 11) is 0. The van der Waals surface area contributed by atoms with Crippen LogP contribution >= 0.6 is 0 Å². The number of hydrogen-bond donors (Lipinski definition) is 1. The third-order valence-corrected chi connectivity index (χ3v) is 2.97. The molecule has 1 N–H and O–H groups in total. The number of hydrogen-bond acceptors (Lipinski definition) is 2. The first-order valence-corrected chi connectivity index (χ1v) is 7.11. The summed E-state index contributed by atoms with van der Waals surface area (Å²) in [5, 5.41) is 3.57. The van der Waals surface area contributed by atoms with Crippen molar-refractivity contribution in [1.82, 2.24) is 5.32 Å². The number of rotatable bonds is 8. The summed E-state index contributed by atoms with van der Waals surface area (Å²) in [6, 6.07) is 8.85. The fourth-order valence-electron chi connectivity index (χ4n) is 1.92. The number of para-hydroxylation sites is 1. The van der Waals surface area contributed by atoms with Gasteiger partial charge in [0.25, 0.3) is 0 Å². The maximum Gasteiger partial charge on any atom is 0.124 e. The lowest BCUT2D eigenvalue weighted by molar-refractivity contribution is 0.239. The highest BCUT2D eigenvalue weighted by atomic mass is 16.5. The van der Waals surface area contributed by atoms with E-state index in [9.17, 15) is 0 Å². The van der Waals surface area contributed by atoms with Crippen LogP contribution in [0.1, 0.15) is 52.5 Å². The van der Waals surface area contributed by atoms with E-state index >= 15 is 0 Å². The van der Waals surface area contributed by atoms with Crippen LogP contribution in [0, 0.1) is 0 Å². The summed E-state index contributed by atoms with van der Waals surface area (Å²) < 4.78 is 5.82. The topological polar surface area (TPSA) is 21.3 Å². The molecule has 0 amide bonds. The van der Waals surface area contributed by atoms with Crippen LogP contribution in [0.2, 0.25) is 0 Å². The Bertz CT molecular complexity index is 336. The Morgan fingerprint density at radius 2 is 1.89 bits per heavy atom. The van der Waals surface area contributed by atoms with Crippen LogP contribution in [-0.4, -0.2) is 12.1 Å². The molecule has 0 aliphatic heterocycles. The molecular weight excluding hydrogens is 222 g/mol. The Morgan fingerprint density at radius 1 is 1.17 bits per heavy atom. The van der Waals surface area contributed by atoms with Crippen molar-refractivity contribution in [3.63, 3.8) is 0 Å². The summed E-state index contributed by atoms with van der Waals surface area (Å²) >= 11 is 0. The molecule has 0 heterocycles. The van der Waals surface area contributed by atoms with E-state index in [0.29, 0.717) is 6.04 Å². The van der Waals surface area contributed by atoms with Crippen molar-refractivity contribution < 1.29 is 4.74 Å². The highest BCUT2D eigenvalue weighted by Gasteiger charge is 2.06. The molecule has 0 aliphatic carbocycles. The van der Waals surface area contributed by atoms with Crippen LogP contribution in [0.3, 0.4) is 0 Å². The van der Waals surface area contributed by atoms with Crippen molar-refractivity contribution in [2.75, 3.05) is 0 Å². The van der Waals surface area contributed by atoms with Gasteiger partial charge in [-0.1, -0.05) is 38.0 Å². The van der Waals surface area contributed by atoms with Gasteiger partial charge < -0.3 is 10.1 Å². The van der Waals surface area contributed by atoms with Gasteiger partial charge in [-0.05, 0) is 33.3 Å². The van der Waals surface area contributed by atoms with E-state index in [1.54, 1.807) is 0 Å². The zero-order valence-corrected chi connectivity index (χ0v) is 12.2. The molecule has 18 heavy (non-hydrogen) atoms. The number of ether oxygens (including phenoxy) is 1. The van der Waals surface area contributed by atoms with Gasteiger partial charge in [0.2, 0.25) is 0 Å². The van der Waals surface area contributed by atoms with Crippen molar-refractivity contribution in [2.24, 2.45) is 0 Å². The van der Waals surface area contributed by atoms with Gasteiger partial charge in [-0.2, -0.15) is 0 Å². The molecule has 0 aliphatic rings. The Morgan fingerprint density at radius 3 is 2.56 bits per heavy atom. The number of nitrogens with one attached hydrogen (secondary N) is 1. The maximum absolute atomic E-state index is 5.82. The molecule has 2 heteroatoms. The van der Waals surface area contributed by atoms with Crippen molar-refractivity contribution in [3.05, 3.63) is 29.8 Å². The molecule has 1 unspecified atom stereocenters. The van der Waals surface area contributed by atoms with Crippen LogP contribution in [0.4, 0.5) is 0 Å². The Hall–Kier alpha value is -1.02. The van der Waals surface area contributed by atoms with Gasteiger partial charge in [-0.25, -0.2) is 0 Å². The Balaban J connectivity index is 2.50. The number of benzene rings is 1. The van der Waals surface area contributed by atoms with E-state index < -0.39 is 0 Å². The summed E-state index contributed by atoms with van der Waals surface area (Å²) in [5.41, 5.74) is 1.24. The maximum atomic E-state index is 5.82. The van der Waals surface area contributed by atoms with Gasteiger partial charge in [0, 0.05) is 18.2 Å². The summed E-state index contributed by atoms with van der Waals surface area (Å²) in [6.07, 6.45) is 4.02. The molecule has 0 saturated carbocycles. The molecular formula is C16H27NO. The largest absolute Gasteiger partial charge is 0.491 e. The molecule has 2 nitrogen and oxygen atoms in total. The molecule has 1 atom stereocenters. The summed E-state index contributed by atoms with van der Waals surface area (Å²) in [5.74, 6) is 1.00. The van der Waals surface area contributed by atoms with Crippen molar-refractivity contribution in [1.29, 1.82) is 0 Å². The van der Waals surface area contributed by atoms with E-state index in [4.69, 9.17) is 4.74 Å². The lowest BCUT2D eigenvalue weighted by Crippen LogP contribution is -2.25. The zero-order valence-electron chi connectivity index (χ0n) is 12.2. The minimum atomic E-state index is 0.226. The van der Waals surface area contributed by atoms with Gasteiger partial charge in [0.05, 0.1) is 6.10 Å². The number of unbranched alkanes of at least 4 members (excludes halogenated alkanes) is 1. The van der Waals surface area contributed by atoms with E-state index in [-0.39, 0.29) is 6.10 Å². The van der Waals surface area contributed by atoms with Gasteiger partial charge in [0.15, 0.2) is 0 Å². The lowest BCUT2D eigenvalue weighted by atomic mass is 10.1. The minimum Gasteiger partial charge on any atom is -0.491 e. The SMILES string of the molecule is CCCCC(C)NCc1ccccc1OC(C)C. The molecule has 1 rings (SSSR count). The highest BCUT2D eigenvalue weighted by molar-refractivity contribution is 5.33. The predicted molar refractivity (Wildman–Crippen MR) is 78.0 cm³/mol. The van der Waals surface area contributed by atoms with Crippen LogP contribution in [0.15, 0.2) is 24.3 Å². The predicted octanol–water partition coefficient (Wildman–Crippen LogP) is 4.14. The van der Waals surface area contributed by atoms with E-state index in [1.807, 2.05) is 12.1 Å². The molecule has 0 aromatic heterocycles. The molecule has 0 bridgehead atoms. The van der Waals surface area contributed by atoms with Gasteiger partial charge >= 0.3 is 0 Å². The van der Waals surface area contributed by atoms with Crippen molar-refractivity contribution in [3.8, 4) is 5.75 Å². The van der Waals surface area contributed by atoms with Crippen LogP contribution in [-0.2, 0) is 6.54 Å². The van der Waals surface area contributed by atoms with Crippen molar-refractivity contribution in [2.45, 2.75) is 65.6 Å². The first kappa shape index (κ1) is 15.0. The highest BCUT2D eigenvalue weighted by Crippen LogP contribution is 2.19. The Kier molecular flexibility index (Phi) is 6.81. The average molecular weight is 249 g/mol. The first-order valence-electron chi connectivity index (χ1n) is 7.11. The molecule has 102 valence electrons. The zero-order chi connectivity index (χ0) is 13.4. The van der Waals surface area contributed by atoms with Gasteiger partial charge in [-0.15, -0.1) is 0 Å². The Labute approximate surface area is 112 Å². The third kappa shape index (κ3) is 5.54. The first-order chi connectivity index (χ1) is 8.63. The fraction of sp³-hybridized carbons (Fsp3) is 0.625. The lowest BCUT2D eigenvalue weighted by Gasteiger charge is -2.17. The molecule has 0 radical (unpaired) electrons. The van der Waals surface area contributed by atoms with Crippen LogP contribution < -0.4 is 10.1 Å². The second-order valence-corrected chi connectivity index (χ2v) is 5.20. The second-order valence-electron chi connectivity index (χ2n) is 5.20. The normalized spacial score (nSPS) is 12.7. The quantitative estimate of drug-likeness (QED) is 0.747. The second kappa shape index (κ2) is 8.15. The van der Waals surface area contributed by atoms with Gasteiger partial charge in [0.1, 0.15) is 5.75 Å². The molecule has 0 fully saturated rings. The molecule has 0 spiro atoms. The smallest absolute Gasteiger partial charge is 0.124 e. The summed E-state index contributed by atoms with van der Waals surface area (Å²) in [6.45, 7) is 9.50. The van der Waals surface area contributed by atoms with Crippen LogP contribution in [0.25, 0.3) is 0 Å². The standard InChI is InChI=1S/C16H27NO/c1-5-6-9-14(4)17-12-15-10-7-8-11-16(15)18-13(2)3/h7-8,10-11,13-14,17H,5-6,9,12H2,1-4H3.